The van der Waals surface area contributed by atoms with Crippen molar-refractivity contribution < 1.29 is 20.4 Å². The average molecular weight is 607 g/mol. The molecule has 182 valence electrons. The van der Waals surface area contributed by atoms with Gasteiger partial charge in [-0.3, -0.25) is 0 Å². The SMILES string of the molecule is Cc1ccc2c(c1)[CH]([Zr]([CH]1C=C(c3ccccc3)c3ccccc31)=[Si](C)C)c1cccc(C)c1-2.Cl.Cl. The molecule has 0 radical (unpaired) electrons. The maximum absolute atomic E-state index is 2.69. The van der Waals surface area contributed by atoms with E-state index in [4.69, 9.17) is 0 Å². The zero-order chi connectivity index (χ0) is 23.4. The fourth-order valence-corrected chi connectivity index (χ4v) is 25.5. The summed E-state index contributed by atoms with van der Waals surface area (Å²) >= 11 is -2.08. The first-order valence-corrected chi connectivity index (χ1v) is 21.3. The second kappa shape index (κ2) is 11.0. The van der Waals surface area contributed by atoms with Crippen LogP contribution >= 0.6 is 24.8 Å². The Kier molecular flexibility index (Phi) is 8.32. The van der Waals surface area contributed by atoms with E-state index in [2.05, 4.69) is 124 Å². The molecule has 4 heteroatoms. The molecule has 0 fully saturated rings. The van der Waals surface area contributed by atoms with Gasteiger partial charge in [-0.1, -0.05) is 0 Å². The number of fused-ring (bicyclic) bond motifs is 4. The van der Waals surface area contributed by atoms with E-state index in [-0.39, 0.29) is 24.8 Å². The Morgan fingerprint density at radius 3 is 2.11 bits per heavy atom. The second-order valence-corrected chi connectivity index (χ2v) is 28.0. The zero-order valence-electron chi connectivity index (χ0n) is 21.2. The van der Waals surface area contributed by atoms with E-state index in [1.807, 2.05) is 0 Å². The molecule has 0 heterocycles. The number of benzene rings is 4. The van der Waals surface area contributed by atoms with Crippen molar-refractivity contribution in [1.82, 2.24) is 0 Å². The van der Waals surface area contributed by atoms with Crippen LogP contribution in [0.5, 0.6) is 0 Å². The Labute approximate surface area is 235 Å². The number of hydrogen-bond acceptors (Lipinski definition) is 0. The van der Waals surface area contributed by atoms with Gasteiger partial charge in [-0.05, 0) is 0 Å². The van der Waals surface area contributed by atoms with Gasteiger partial charge in [-0.2, -0.15) is 0 Å². The minimum Gasteiger partial charge on any atom is -0.147 e. The van der Waals surface area contributed by atoms with Gasteiger partial charge < -0.3 is 0 Å². The van der Waals surface area contributed by atoms with E-state index >= 15 is 0 Å². The molecule has 0 bridgehead atoms. The monoisotopic (exact) mass is 604 g/mol. The fourth-order valence-electron chi connectivity index (χ4n) is 6.22. The maximum Gasteiger partial charge on any atom is -0.147 e. The third-order valence-electron chi connectivity index (χ3n) is 7.63. The zero-order valence-corrected chi connectivity index (χ0v) is 26.3. The topological polar surface area (TPSA) is 0 Å². The van der Waals surface area contributed by atoms with Crippen molar-refractivity contribution in [2.24, 2.45) is 0 Å². The number of hydrogen-bond donors (Lipinski definition) is 0. The quantitative estimate of drug-likeness (QED) is 0.204. The van der Waals surface area contributed by atoms with Crippen molar-refractivity contribution in [3.63, 3.8) is 0 Å². The Balaban J connectivity index is 0.00000152. The first kappa shape index (κ1) is 27.3. The summed E-state index contributed by atoms with van der Waals surface area (Å²) < 4.78 is 1.27. The molecule has 0 saturated carbocycles. The molecule has 0 saturated heterocycles. The predicted octanol–water partition coefficient (Wildman–Crippen LogP) is 9.27. The van der Waals surface area contributed by atoms with Crippen molar-refractivity contribution in [2.75, 3.05) is 0 Å². The Bertz CT molecular complexity index is 1500. The first-order chi connectivity index (χ1) is 16.5. The van der Waals surface area contributed by atoms with Crippen LogP contribution < -0.4 is 0 Å². The minimum atomic E-state index is -2.08. The van der Waals surface area contributed by atoms with Crippen molar-refractivity contribution in [3.05, 3.63) is 136 Å². The largest absolute Gasteiger partial charge is 0.147 e. The summed E-state index contributed by atoms with van der Waals surface area (Å²) in [6, 6.07) is 34.6. The number of halogens is 2. The molecule has 0 amide bonds. The van der Waals surface area contributed by atoms with Crippen LogP contribution in [0.15, 0.2) is 97.1 Å². The van der Waals surface area contributed by atoms with Crippen LogP contribution in [-0.2, 0) is 20.4 Å². The van der Waals surface area contributed by atoms with Crippen LogP contribution in [0, 0.1) is 13.8 Å². The van der Waals surface area contributed by atoms with Gasteiger partial charge in [0.1, 0.15) is 0 Å². The molecule has 0 aliphatic heterocycles. The van der Waals surface area contributed by atoms with E-state index < -0.39 is 25.8 Å². The normalized spacial score (nSPS) is 16.6. The van der Waals surface area contributed by atoms with Crippen molar-refractivity contribution >= 4 is 35.8 Å². The standard InChI is InChI=1S/C15H13.C15H11.C2H6Si.2ClH.Zr/c1-10-6-7-14-13(8-10)9-12-5-3-4-11(2)15(12)14;1-2-6-12(7-3-1)15-11-10-13-8-4-5-9-14(13)15;1-3-2;;;/h3-9H,1-2H3;1-11H;1-2H3;2*1H;. The van der Waals surface area contributed by atoms with Gasteiger partial charge in [0.15, 0.2) is 0 Å². The molecule has 0 nitrogen and oxygen atoms in total. The summed E-state index contributed by atoms with van der Waals surface area (Å²) in [4.78, 5) is 0. The first-order valence-electron chi connectivity index (χ1n) is 12.3. The molecule has 2 aliphatic carbocycles. The third kappa shape index (κ3) is 4.45. The summed E-state index contributed by atoms with van der Waals surface area (Å²) in [7, 11) is 0. The maximum atomic E-state index is 2.69. The Morgan fingerprint density at radius 2 is 1.36 bits per heavy atom. The van der Waals surface area contributed by atoms with Gasteiger partial charge in [-0.15, -0.1) is 24.8 Å². The van der Waals surface area contributed by atoms with Crippen LogP contribution in [0.1, 0.15) is 46.2 Å². The Hall–Kier alpha value is -1.70. The molecule has 2 aliphatic rings. The summed E-state index contributed by atoms with van der Waals surface area (Å²) in [5, 5.41) is 0. The van der Waals surface area contributed by atoms with Gasteiger partial charge in [-0.25, -0.2) is 0 Å². The molecule has 2 atom stereocenters. The second-order valence-electron chi connectivity index (χ2n) is 10.0. The molecule has 0 spiro atoms. The molecular formula is C32H32Cl2SiZr. The minimum absolute atomic E-state index is 0. The number of allylic oxidation sites excluding steroid dienone is 1. The van der Waals surface area contributed by atoms with E-state index in [0.29, 0.717) is 7.25 Å². The van der Waals surface area contributed by atoms with Crippen LogP contribution in [0.3, 0.4) is 0 Å². The van der Waals surface area contributed by atoms with E-state index in [1.165, 1.54) is 39.0 Å². The fraction of sp³-hybridized carbons (Fsp3) is 0.188. The van der Waals surface area contributed by atoms with E-state index in [1.54, 1.807) is 16.7 Å². The molecule has 0 N–H and O–H groups in total. The molecule has 4 aromatic rings. The van der Waals surface area contributed by atoms with Gasteiger partial charge >= 0.3 is 213 Å². The van der Waals surface area contributed by atoms with Gasteiger partial charge in [0.05, 0.1) is 0 Å². The molecule has 36 heavy (non-hydrogen) atoms. The third-order valence-corrected chi connectivity index (χ3v) is 26.7. The predicted molar refractivity (Wildman–Crippen MR) is 158 cm³/mol. The van der Waals surface area contributed by atoms with Gasteiger partial charge in [0.2, 0.25) is 0 Å². The van der Waals surface area contributed by atoms with Crippen LogP contribution in [0.25, 0.3) is 16.7 Å². The Morgan fingerprint density at radius 1 is 0.667 bits per heavy atom. The molecular weight excluding hydrogens is 575 g/mol. The summed E-state index contributed by atoms with van der Waals surface area (Å²) in [5.41, 5.74) is 14.5. The molecule has 0 aromatic heterocycles. The van der Waals surface area contributed by atoms with E-state index in [9.17, 15) is 0 Å². The molecule has 4 aromatic carbocycles. The number of aryl methyl sites for hydroxylation is 2. The van der Waals surface area contributed by atoms with Crippen molar-refractivity contribution in [3.8, 4) is 11.1 Å². The summed E-state index contributed by atoms with van der Waals surface area (Å²) in [6.07, 6.45) is 2.69. The van der Waals surface area contributed by atoms with Crippen molar-refractivity contribution in [1.29, 1.82) is 0 Å². The van der Waals surface area contributed by atoms with Gasteiger partial charge in [0.25, 0.3) is 0 Å². The molecule has 2 unspecified atom stereocenters. The number of rotatable bonds is 3. The van der Waals surface area contributed by atoms with Crippen molar-refractivity contribution in [2.45, 2.75) is 34.2 Å². The van der Waals surface area contributed by atoms with Crippen LogP contribution in [-0.4, -0.2) is 5.43 Å². The van der Waals surface area contributed by atoms with Crippen LogP contribution in [0.4, 0.5) is 0 Å². The van der Waals surface area contributed by atoms with Crippen LogP contribution in [0.2, 0.25) is 13.1 Å². The smallest absolute Gasteiger partial charge is 0.147 e. The average Bonchev–Trinajstić information content (AvgIpc) is 3.37. The van der Waals surface area contributed by atoms with Gasteiger partial charge in [0, 0.05) is 0 Å². The van der Waals surface area contributed by atoms with E-state index in [0.717, 1.165) is 0 Å². The summed E-state index contributed by atoms with van der Waals surface area (Å²) in [5.74, 6) is 0. The molecule has 6 rings (SSSR count). The summed E-state index contributed by atoms with van der Waals surface area (Å²) in [6.45, 7) is 9.79.